The van der Waals surface area contributed by atoms with E-state index in [4.69, 9.17) is 4.74 Å². The Hall–Kier alpha value is -0.870. The van der Waals surface area contributed by atoms with Crippen LogP contribution >= 0.6 is 0 Å². The first-order valence-electron chi connectivity index (χ1n) is 7.88. The third kappa shape index (κ3) is 4.07. The molecular formula is C17H27NO2S. The molecule has 0 bridgehead atoms. The van der Waals surface area contributed by atoms with Gasteiger partial charge in [0, 0.05) is 22.1 Å². The number of hydrogen-bond acceptors (Lipinski definition) is 3. The second-order valence-electron chi connectivity index (χ2n) is 5.83. The van der Waals surface area contributed by atoms with E-state index in [0.717, 1.165) is 18.6 Å². The monoisotopic (exact) mass is 309 g/mol. The van der Waals surface area contributed by atoms with Crippen LogP contribution in [0.4, 0.5) is 0 Å². The van der Waals surface area contributed by atoms with E-state index in [1.54, 1.807) is 7.11 Å². The normalized spacial score (nSPS) is 20.7. The Morgan fingerprint density at radius 1 is 1.19 bits per heavy atom. The molecule has 0 aliphatic heterocycles. The van der Waals surface area contributed by atoms with Crippen LogP contribution in [0.25, 0.3) is 0 Å². The van der Waals surface area contributed by atoms with Gasteiger partial charge in [0.15, 0.2) is 0 Å². The molecule has 1 N–H and O–H groups in total. The summed E-state index contributed by atoms with van der Waals surface area (Å²) < 4.78 is 18.0. The van der Waals surface area contributed by atoms with Gasteiger partial charge in [-0.1, -0.05) is 31.4 Å². The van der Waals surface area contributed by atoms with Gasteiger partial charge in [0.05, 0.1) is 12.4 Å². The van der Waals surface area contributed by atoms with E-state index in [-0.39, 0.29) is 11.3 Å². The number of hydrogen-bond donors (Lipinski definition) is 1. The number of ether oxygens (including phenoxy) is 1. The molecule has 0 radical (unpaired) electrons. The molecule has 1 aromatic rings. The molecule has 3 atom stereocenters. The zero-order valence-electron chi connectivity index (χ0n) is 13.3. The molecule has 1 fully saturated rings. The van der Waals surface area contributed by atoms with Crippen LogP contribution in [0.2, 0.25) is 0 Å². The summed E-state index contributed by atoms with van der Waals surface area (Å²) in [6.07, 6.45) is 6.01. The van der Waals surface area contributed by atoms with Crippen molar-refractivity contribution in [2.75, 3.05) is 14.2 Å². The van der Waals surface area contributed by atoms with Gasteiger partial charge in [0.25, 0.3) is 0 Å². The molecule has 3 nitrogen and oxygen atoms in total. The van der Waals surface area contributed by atoms with E-state index in [1.807, 2.05) is 19.2 Å². The molecular weight excluding hydrogens is 282 g/mol. The highest BCUT2D eigenvalue weighted by Gasteiger charge is 2.29. The summed E-state index contributed by atoms with van der Waals surface area (Å²) in [5.74, 6) is 0.856. The van der Waals surface area contributed by atoms with E-state index in [2.05, 4.69) is 24.4 Å². The van der Waals surface area contributed by atoms with Gasteiger partial charge in [0.2, 0.25) is 0 Å². The van der Waals surface area contributed by atoms with Crippen LogP contribution in [0, 0.1) is 0 Å². The lowest BCUT2D eigenvalue weighted by atomic mass is 10.0. The van der Waals surface area contributed by atoms with Crippen LogP contribution in [-0.2, 0) is 10.8 Å². The molecule has 2 rings (SSSR count). The fraction of sp³-hybridized carbons (Fsp3) is 0.647. The third-order valence-corrected chi connectivity index (χ3v) is 6.64. The van der Waals surface area contributed by atoms with Crippen LogP contribution in [0.5, 0.6) is 5.75 Å². The van der Waals surface area contributed by atoms with E-state index in [1.165, 1.54) is 24.8 Å². The van der Waals surface area contributed by atoms with Gasteiger partial charge >= 0.3 is 0 Å². The molecule has 21 heavy (non-hydrogen) atoms. The maximum Gasteiger partial charge on any atom is 0.118 e. The average Bonchev–Trinajstić information content (AvgIpc) is 2.56. The van der Waals surface area contributed by atoms with Crippen LogP contribution in [0.1, 0.15) is 50.6 Å². The summed E-state index contributed by atoms with van der Waals surface area (Å²) in [4.78, 5) is 0. The van der Waals surface area contributed by atoms with Crippen molar-refractivity contribution >= 4 is 10.8 Å². The summed E-state index contributed by atoms with van der Waals surface area (Å²) in [7, 11) is 2.84. The topological polar surface area (TPSA) is 38.3 Å². The first-order valence-corrected chi connectivity index (χ1v) is 9.15. The summed E-state index contributed by atoms with van der Waals surface area (Å²) in [6.45, 7) is 2.11. The van der Waals surface area contributed by atoms with Gasteiger partial charge < -0.3 is 10.1 Å². The first-order chi connectivity index (χ1) is 10.2. The minimum atomic E-state index is -0.783. The molecule has 0 saturated heterocycles. The van der Waals surface area contributed by atoms with Crippen LogP contribution in [0.3, 0.4) is 0 Å². The van der Waals surface area contributed by atoms with Gasteiger partial charge in [0.1, 0.15) is 5.75 Å². The minimum Gasteiger partial charge on any atom is -0.497 e. The number of nitrogens with one attached hydrogen (secondary N) is 1. The summed E-state index contributed by atoms with van der Waals surface area (Å²) >= 11 is 0. The Kier molecular flexibility index (Phi) is 6.24. The van der Waals surface area contributed by atoms with E-state index < -0.39 is 10.8 Å². The SMILES string of the molecule is CNC(c1ccc(OC)cc1)C(C)S(=O)C1CCCCC1. The van der Waals surface area contributed by atoms with Gasteiger partial charge in [-0.3, -0.25) is 4.21 Å². The molecule has 118 valence electrons. The lowest BCUT2D eigenvalue weighted by molar-refractivity contribution is 0.414. The molecule has 1 aliphatic carbocycles. The van der Waals surface area contributed by atoms with Gasteiger partial charge in [-0.25, -0.2) is 0 Å². The van der Waals surface area contributed by atoms with Crippen molar-refractivity contribution < 1.29 is 8.95 Å². The van der Waals surface area contributed by atoms with E-state index in [9.17, 15) is 4.21 Å². The maximum atomic E-state index is 12.8. The second kappa shape index (κ2) is 7.95. The Bertz CT molecular complexity index is 454. The van der Waals surface area contributed by atoms with E-state index >= 15 is 0 Å². The van der Waals surface area contributed by atoms with Crippen LogP contribution < -0.4 is 10.1 Å². The number of methoxy groups -OCH3 is 1. The quantitative estimate of drug-likeness (QED) is 0.875. The highest BCUT2D eigenvalue weighted by molar-refractivity contribution is 7.86. The van der Waals surface area contributed by atoms with Gasteiger partial charge in [-0.15, -0.1) is 0 Å². The average molecular weight is 309 g/mol. The lowest BCUT2D eigenvalue weighted by Gasteiger charge is -2.29. The smallest absolute Gasteiger partial charge is 0.118 e. The maximum absolute atomic E-state index is 12.8. The van der Waals surface area contributed by atoms with Crippen molar-refractivity contribution in [2.24, 2.45) is 0 Å². The van der Waals surface area contributed by atoms with Crippen molar-refractivity contribution in [2.45, 2.75) is 55.6 Å². The van der Waals surface area contributed by atoms with Gasteiger partial charge in [-0.05, 0) is 44.5 Å². The Balaban J connectivity index is 2.09. The predicted molar refractivity (Wildman–Crippen MR) is 89.3 cm³/mol. The minimum absolute atomic E-state index is 0.117. The highest BCUT2D eigenvalue weighted by atomic mass is 32.2. The van der Waals surface area contributed by atoms with Crippen molar-refractivity contribution in [3.8, 4) is 5.75 Å². The zero-order chi connectivity index (χ0) is 15.2. The third-order valence-electron chi connectivity index (χ3n) is 4.50. The van der Waals surface area contributed by atoms with Crippen molar-refractivity contribution in [3.63, 3.8) is 0 Å². The molecule has 1 aliphatic rings. The summed E-state index contributed by atoms with van der Waals surface area (Å²) in [5, 5.41) is 3.84. The van der Waals surface area contributed by atoms with Crippen LogP contribution in [0.15, 0.2) is 24.3 Å². The Morgan fingerprint density at radius 2 is 1.81 bits per heavy atom. The van der Waals surface area contributed by atoms with Crippen molar-refractivity contribution in [1.82, 2.24) is 5.32 Å². The van der Waals surface area contributed by atoms with Crippen LogP contribution in [-0.4, -0.2) is 28.9 Å². The van der Waals surface area contributed by atoms with Crippen molar-refractivity contribution in [1.29, 1.82) is 0 Å². The molecule has 0 heterocycles. The Labute approximate surface area is 130 Å². The zero-order valence-corrected chi connectivity index (χ0v) is 14.1. The molecule has 3 unspecified atom stereocenters. The first kappa shape index (κ1) is 16.5. The predicted octanol–water partition coefficient (Wildman–Crippen LogP) is 3.43. The Morgan fingerprint density at radius 3 is 2.33 bits per heavy atom. The fourth-order valence-electron chi connectivity index (χ4n) is 3.22. The molecule has 4 heteroatoms. The molecule has 1 aromatic carbocycles. The second-order valence-corrected chi connectivity index (χ2v) is 7.90. The number of benzene rings is 1. The summed E-state index contributed by atoms with van der Waals surface area (Å²) in [5.41, 5.74) is 1.18. The largest absolute Gasteiger partial charge is 0.497 e. The standard InChI is InChI=1S/C17H27NO2S/c1-13(21(19)16-7-5-4-6-8-16)17(18-2)14-9-11-15(20-3)12-10-14/h9-13,16-18H,4-8H2,1-3H3. The van der Waals surface area contributed by atoms with E-state index in [0.29, 0.717) is 5.25 Å². The number of rotatable bonds is 6. The molecule has 0 amide bonds. The molecule has 0 aromatic heterocycles. The fourth-order valence-corrected chi connectivity index (χ4v) is 5.19. The summed E-state index contributed by atoms with van der Waals surface area (Å²) in [6, 6.07) is 8.19. The molecule has 1 saturated carbocycles. The van der Waals surface area contributed by atoms with Crippen molar-refractivity contribution in [3.05, 3.63) is 29.8 Å². The molecule has 0 spiro atoms. The highest BCUT2D eigenvalue weighted by Crippen LogP contribution is 2.29. The lowest BCUT2D eigenvalue weighted by Crippen LogP contribution is -2.35. The van der Waals surface area contributed by atoms with Gasteiger partial charge in [-0.2, -0.15) is 0 Å².